The topological polar surface area (TPSA) is 47.1 Å². The molecule has 0 aromatic carbocycles. The first kappa shape index (κ1) is 15.0. The third kappa shape index (κ3) is 2.41. The van der Waals surface area contributed by atoms with E-state index in [9.17, 15) is 0 Å². The second-order valence-electron chi connectivity index (χ2n) is 6.19. The minimum absolute atomic E-state index is 0.641. The Morgan fingerprint density at radius 3 is 2.92 bits per heavy atom. The molecule has 4 heterocycles. The number of rotatable bonds is 4. The Balaban J connectivity index is 1.78. The molecule has 2 aromatic rings. The summed E-state index contributed by atoms with van der Waals surface area (Å²) in [5.74, 6) is 1.79. The number of hydrogen-bond acceptors (Lipinski definition) is 2. The van der Waals surface area contributed by atoms with E-state index < -0.39 is 0 Å². The van der Waals surface area contributed by atoms with Crippen LogP contribution in [0.15, 0.2) is 40.5 Å². The van der Waals surface area contributed by atoms with Crippen molar-refractivity contribution in [1.29, 1.82) is 0 Å². The second-order valence-corrected chi connectivity index (χ2v) is 6.19. The van der Waals surface area contributed by atoms with Crippen LogP contribution in [0.2, 0.25) is 0 Å². The molecule has 2 radical (unpaired) electrons. The van der Waals surface area contributed by atoms with Crippen LogP contribution in [-0.2, 0) is 0 Å². The zero-order chi connectivity index (χ0) is 16.7. The molecule has 0 fully saturated rings. The van der Waals surface area contributed by atoms with Gasteiger partial charge in [-0.25, -0.2) is 0 Å². The van der Waals surface area contributed by atoms with Crippen LogP contribution in [0.3, 0.4) is 0 Å². The smallest absolute Gasteiger partial charge is 0.221 e. The number of furan rings is 1. The van der Waals surface area contributed by atoms with Crippen LogP contribution in [0, 0.1) is 13.8 Å². The Morgan fingerprint density at radius 1 is 1.29 bits per heavy atom. The van der Waals surface area contributed by atoms with Gasteiger partial charge in [-0.1, -0.05) is 0 Å². The number of nitrogens with zero attached hydrogens (tertiary/aromatic N) is 2. The van der Waals surface area contributed by atoms with Crippen molar-refractivity contribution >= 4 is 31.5 Å². The summed E-state index contributed by atoms with van der Waals surface area (Å²) in [7, 11) is 2.13. The van der Waals surface area contributed by atoms with Gasteiger partial charge in [0.05, 0.1) is 0 Å². The van der Waals surface area contributed by atoms with E-state index >= 15 is 0 Å². The highest BCUT2D eigenvalue weighted by Crippen LogP contribution is 2.33. The molecule has 0 bridgehead atoms. The molecular weight excluding hydrogens is 297 g/mol. The predicted octanol–water partition coefficient (Wildman–Crippen LogP) is 2.98. The molecule has 0 saturated carbocycles. The molecule has 2 aromatic heterocycles. The van der Waals surface area contributed by atoms with Crippen molar-refractivity contribution < 1.29 is 8.90 Å². The largest absolute Gasteiger partial charge is 0.501 e. The zero-order valence-corrected chi connectivity index (χ0v) is 14.0. The minimum Gasteiger partial charge on any atom is -0.501 e. The molecule has 2 aliphatic rings. The van der Waals surface area contributed by atoms with Gasteiger partial charge in [0.2, 0.25) is 7.55 Å². The molecule has 24 heavy (non-hydrogen) atoms. The summed E-state index contributed by atoms with van der Waals surface area (Å²) >= 11 is 0. The van der Waals surface area contributed by atoms with E-state index in [2.05, 4.69) is 53.9 Å². The Bertz CT molecular complexity index is 925. The molecule has 120 valence electrons. The van der Waals surface area contributed by atoms with E-state index in [1.807, 2.05) is 25.1 Å². The monoisotopic (exact) mass is 317 g/mol. The average molecular weight is 317 g/mol. The lowest BCUT2D eigenvalue weighted by atomic mass is 9.94. The summed E-state index contributed by atoms with van der Waals surface area (Å²) in [6.45, 7) is 4.75. The molecule has 0 spiro atoms. The molecule has 5 heteroatoms. The average Bonchev–Trinajstić information content (AvgIpc) is 3.25. The maximum Gasteiger partial charge on any atom is 0.221 e. The van der Waals surface area contributed by atoms with Gasteiger partial charge in [0, 0.05) is 29.1 Å². The van der Waals surface area contributed by atoms with Crippen LogP contribution in [0.25, 0.3) is 17.7 Å². The highest BCUT2D eigenvalue weighted by atomic mass is 16.3. The summed E-state index contributed by atoms with van der Waals surface area (Å²) in [4.78, 5) is 0. The van der Waals surface area contributed by atoms with Crippen molar-refractivity contribution in [3.8, 4) is 0 Å². The lowest BCUT2D eigenvalue weighted by Gasteiger charge is -2.29. The van der Waals surface area contributed by atoms with E-state index in [4.69, 9.17) is 10.2 Å². The molecule has 4 rings (SSSR count). The van der Waals surface area contributed by atoms with Gasteiger partial charge in [-0.05, 0) is 62.7 Å². The molecule has 0 saturated heterocycles. The molecule has 0 atom stereocenters. The standard InChI is InChI=1S/C19H20BN3O/c1-13-12-15(6-8-16-7-5-14(2)24-16)23-19(13)17(9-10-21)18-4-3-11-22(18)20-23/h3-8,11-12H,9-10,21H2,1-2H3/b8-6+. The third-order valence-electron chi connectivity index (χ3n) is 4.44. The normalized spacial score (nSPS) is 16.0. The summed E-state index contributed by atoms with van der Waals surface area (Å²) in [6, 6.07) is 6.17. The van der Waals surface area contributed by atoms with Crippen molar-refractivity contribution in [2.75, 3.05) is 6.54 Å². The SMILES string of the molecule is Cc1ccc(/C=C/c2cc(C)c3n2[B-][N+]2=CC=CC2=C3CCN)o1. The Labute approximate surface area is 142 Å². The molecule has 0 amide bonds. The number of allylic oxidation sites excluding steroid dienone is 2. The summed E-state index contributed by atoms with van der Waals surface area (Å²) in [5.41, 5.74) is 12.0. The van der Waals surface area contributed by atoms with Gasteiger partial charge >= 0.3 is 0 Å². The quantitative estimate of drug-likeness (QED) is 0.881. The summed E-state index contributed by atoms with van der Waals surface area (Å²) < 4.78 is 10.0. The van der Waals surface area contributed by atoms with Crippen LogP contribution < -0.4 is 5.73 Å². The van der Waals surface area contributed by atoms with Crippen molar-refractivity contribution in [2.24, 2.45) is 5.73 Å². The fourth-order valence-corrected chi connectivity index (χ4v) is 3.41. The third-order valence-corrected chi connectivity index (χ3v) is 4.44. The van der Waals surface area contributed by atoms with Crippen LogP contribution in [0.4, 0.5) is 0 Å². The van der Waals surface area contributed by atoms with Gasteiger partial charge in [0.25, 0.3) is 0 Å². The van der Waals surface area contributed by atoms with Gasteiger partial charge in [-0.15, -0.1) is 0 Å². The summed E-state index contributed by atoms with van der Waals surface area (Å²) in [5, 5.41) is 0. The van der Waals surface area contributed by atoms with Crippen LogP contribution >= 0.6 is 0 Å². The van der Waals surface area contributed by atoms with Gasteiger partial charge in [-0.2, -0.15) is 0 Å². The Hall–Kier alpha value is -2.53. The maximum atomic E-state index is 5.86. The predicted molar refractivity (Wildman–Crippen MR) is 98.7 cm³/mol. The summed E-state index contributed by atoms with van der Waals surface area (Å²) in [6.07, 6.45) is 11.3. The maximum absolute atomic E-state index is 5.86. The first-order chi connectivity index (χ1) is 11.7. The van der Waals surface area contributed by atoms with E-state index in [0.29, 0.717) is 6.54 Å². The lowest BCUT2D eigenvalue weighted by molar-refractivity contribution is -0.307. The highest BCUT2D eigenvalue weighted by molar-refractivity contribution is 6.28. The van der Waals surface area contributed by atoms with Crippen molar-refractivity contribution in [1.82, 2.24) is 4.48 Å². The van der Waals surface area contributed by atoms with Crippen LogP contribution in [-0.4, -0.2) is 29.3 Å². The van der Waals surface area contributed by atoms with Gasteiger partial charge in [0.1, 0.15) is 17.7 Å². The first-order valence-corrected chi connectivity index (χ1v) is 8.22. The van der Waals surface area contributed by atoms with Gasteiger partial charge in [-0.3, -0.25) is 0 Å². The van der Waals surface area contributed by atoms with E-state index in [1.165, 1.54) is 22.5 Å². The number of hydrogen-bond donors (Lipinski definition) is 1. The molecule has 4 nitrogen and oxygen atoms in total. The van der Waals surface area contributed by atoms with Crippen molar-refractivity contribution in [3.63, 3.8) is 0 Å². The molecule has 0 unspecified atom stereocenters. The van der Waals surface area contributed by atoms with Gasteiger partial charge < -0.3 is 19.1 Å². The van der Waals surface area contributed by atoms with E-state index in [0.717, 1.165) is 23.6 Å². The second kappa shape index (κ2) is 5.84. The first-order valence-electron chi connectivity index (χ1n) is 8.22. The number of fused-ring (bicyclic) bond motifs is 2. The van der Waals surface area contributed by atoms with Gasteiger partial charge in [0.15, 0.2) is 5.70 Å². The zero-order valence-electron chi connectivity index (χ0n) is 14.0. The number of nitrogens with two attached hydrogens (primary N) is 1. The fraction of sp³-hybridized carbons (Fsp3) is 0.211. The molecule has 0 aliphatic carbocycles. The molecule has 2 aliphatic heterocycles. The minimum atomic E-state index is 0.641. The molecule has 2 N–H and O–H groups in total. The van der Waals surface area contributed by atoms with E-state index in [-0.39, 0.29) is 0 Å². The highest BCUT2D eigenvalue weighted by Gasteiger charge is 2.24. The van der Waals surface area contributed by atoms with Crippen molar-refractivity contribution in [3.05, 3.63) is 64.5 Å². The Morgan fingerprint density at radius 2 is 2.17 bits per heavy atom. The lowest BCUT2D eigenvalue weighted by Crippen LogP contribution is -2.30. The van der Waals surface area contributed by atoms with Crippen LogP contribution in [0.1, 0.15) is 34.9 Å². The van der Waals surface area contributed by atoms with Crippen LogP contribution in [0.5, 0.6) is 0 Å². The van der Waals surface area contributed by atoms with Crippen molar-refractivity contribution in [2.45, 2.75) is 20.3 Å². The fourth-order valence-electron chi connectivity index (χ4n) is 3.41. The molecular formula is C19H20BN3O. The number of aromatic nitrogens is 1. The van der Waals surface area contributed by atoms with E-state index in [1.54, 1.807) is 0 Å². The Kier molecular flexibility index (Phi) is 3.66. The number of aryl methyl sites for hydroxylation is 2.